The molecule has 0 saturated carbocycles. The summed E-state index contributed by atoms with van der Waals surface area (Å²) in [6, 6.07) is 13.6. The Morgan fingerprint density at radius 2 is 1.69 bits per heavy atom. The van der Waals surface area contributed by atoms with E-state index in [0.29, 0.717) is 24.8 Å². The summed E-state index contributed by atoms with van der Waals surface area (Å²) in [5.41, 5.74) is 4.10. The van der Waals surface area contributed by atoms with E-state index in [1.54, 1.807) is 23.9 Å². The third-order valence-corrected chi connectivity index (χ3v) is 7.60. The molecule has 0 atom stereocenters. The van der Waals surface area contributed by atoms with Gasteiger partial charge < -0.3 is 24.4 Å². The largest absolute Gasteiger partial charge is 0.444 e. The van der Waals surface area contributed by atoms with Gasteiger partial charge in [0.25, 0.3) is 5.91 Å². The van der Waals surface area contributed by atoms with E-state index in [1.165, 1.54) is 16.0 Å². The summed E-state index contributed by atoms with van der Waals surface area (Å²) in [6.45, 7) is 14.3. The number of rotatable bonds is 11. The third kappa shape index (κ3) is 8.81. The number of aromatic nitrogens is 2. The highest BCUT2D eigenvalue weighted by molar-refractivity contribution is 5.87. The van der Waals surface area contributed by atoms with Crippen molar-refractivity contribution in [3.8, 4) is 11.4 Å². The molecule has 0 aliphatic carbocycles. The Labute approximate surface area is 265 Å². The standard InChI is InChI=1S/C33H45N7O5/c1-22(2)40(32(43)44-33(5,6)7)16-15-38(21-30(42)37(8)39-19-26-11-9-10-12-27(26)20-39)29(41)18-34-28-17-25(14-13-23(28)3)31-35-24(4)45-36-31/h9-14,17,22,34H,15-16,18-21H2,1-8H3. The van der Waals surface area contributed by atoms with Gasteiger partial charge in [0.1, 0.15) is 12.1 Å². The number of nitrogens with zero attached hydrogens (tertiary/aromatic N) is 6. The van der Waals surface area contributed by atoms with Crippen molar-refractivity contribution in [2.75, 3.05) is 38.5 Å². The minimum absolute atomic E-state index is 0.0597. The lowest BCUT2D eigenvalue weighted by Crippen LogP contribution is -2.51. The second kappa shape index (κ2) is 14.1. The van der Waals surface area contributed by atoms with Crippen LogP contribution < -0.4 is 5.32 Å². The van der Waals surface area contributed by atoms with E-state index in [0.717, 1.165) is 16.8 Å². The highest BCUT2D eigenvalue weighted by atomic mass is 16.6. The number of carbonyl (C=O) groups excluding carboxylic acids is 3. The van der Waals surface area contributed by atoms with Crippen LogP contribution in [0.5, 0.6) is 0 Å². The number of benzene rings is 2. The summed E-state index contributed by atoms with van der Waals surface area (Å²) >= 11 is 0. The van der Waals surface area contributed by atoms with Crippen molar-refractivity contribution in [1.82, 2.24) is 30.0 Å². The minimum Gasteiger partial charge on any atom is -0.444 e. The number of aryl methyl sites for hydroxylation is 2. The van der Waals surface area contributed by atoms with Crippen LogP contribution in [0.3, 0.4) is 0 Å². The van der Waals surface area contributed by atoms with Gasteiger partial charge in [-0.2, -0.15) is 4.98 Å². The minimum atomic E-state index is -0.664. The van der Waals surface area contributed by atoms with Gasteiger partial charge >= 0.3 is 6.09 Å². The SMILES string of the molecule is Cc1nc(-c2ccc(C)c(NCC(=O)N(CCN(C(=O)OC(C)(C)C)C(C)C)CC(=O)N(C)N3Cc4ccccc4C3)c2)no1. The Morgan fingerprint density at radius 1 is 1.02 bits per heavy atom. The lowest BCUT2D eigenvalue weighted by Gasteiger charge is -2.33. The molecular weight excluding hydrogens is 574 g/mol. The number of carbonyl (C=O) groups is 3. The number of ether oxygens (including phenoxy) is 1. The highest BCUT2D eigenvalue weighted by Crippen LogP contribution is 2.25. The van der Waals surface area contributed by atoms with Crippen LogP contribution in [0.4, 0.5) is 10.5 Å². The van der Waals surface area contributed by atoms with Crippen LogP contribution >= 0.6 is 0 Å². The van der Waals surface area contributed by atoms with Crippen molar-refractivity contribution in [3.63, 3.8) is 0 Å². The van der Waals surface area contributed by atoms with E-state index in [4.69, 9.17) is 9.26 Å². The molecule has 0 saturated heterocycles. The van der Waals surface area contributed by atoms with Crippen LogP contribution in [-0.2, 0) is 27.4 Å². The lowest BCUT2D eigenvalue weighted by molar-refractivity contribution is -0.151. The van der Waals surface area contributed by atoms with Crippen LogP contribution in [-0.4, -0.2) is 92.7 Å². The van der Waals surface area contributed by atoms with Gasteiger partial charge in [-0.1, -0.05) is 41.6 Å². The zero-order chi connectivity index (χ0) is 32.9. The van der Waals surface area contributed by atoms with Crippen LogP contribution in [0.25, 0.3) is 11.4 Å². The summed E-state index contributed by atoms with van der Waals surface area (Å²) < 4.78 is 10.7. The molecule has 242 valence electrons. The van der Waals surface area contributed by atoms with Crippen molar-refractivity contribution in [2.24, 2.45) is 0 Å². The highest BCUT2D eigenvalue weighted by Gasteiger charge is 2.29. The molecule has 12 nitrogen and oxygen atoms in total. The maximum Gasteiger partial charge on any atom is 0.410 e. The predicted octanol–water partition coefficient (Wildman–Crippen LogP) is 4.63. The van der Waals surface area contributed by atoms with E-state index in [-0.39, 0.29) is 44.0 Å². The van der Waals surface area contributed by atoms with Gasteiger partial charge in [0.15, 0.2) is 0 Å². The van der Waals surface area contributed by atoms with Crippen molar-refractivity contribution in [3.05, 3.63) is 65.0 Å². The maximum atomic E-state index is 13.7. The summed E-state index contributed by atoms with van der Waals surface area (Å²) in [4.78, 5) is 47.6. The normalized spacial score (nSPS) is 13.0. The Hall–Kier alpha value is -4.45. The molecule has 0 unspecified atom stereocenters. The molecule has 3 aromatic rings. The van der Waals surface area contributed by atoms with Gasteiger partial charge in [-0.25, -0.2) is 9.80 Å². The predicted molar refractivity (Wildman–Crippen MR) is 171 cm³/mol. The molecule has 3 amide bonds. The number of fused-ring (bicyclic) bond motifs is 1. The van der Waals surface area contributed by atoms with Gasteiger partial charge in [-0.15, -0.1) is 0 Å². The molecule has 2 heterocycles. The van der Waals surface area contributed by atoms with Gasteiger partial charge in [-0.3, -0.25) is 14.6 Å². The molecule has 45 heavy (non-hydrogen) atoms. The average molecular weight is 620 g/mol. The molecular formula is C33H45N7O5. The van der Waals surface area contributed by atoms with E-state index < -0.39 is 11.7 Å². The number of hydrazine groups is 1. The van der Waals surface area contributed by atoms with Gasteiger partial charge in [-0.05, 0) is 64.3 Å². The smallest absolute Gasteiger partial charge is 0.410 e. The third-order valence-electron chi connectivity index (χ3n) is 7.60. The van der Waals surface area contributed by atoms with Crippen LogP contribution in [0.15, 0.2) is 47.0 Å². The Balaban J connectivity index is 1.48. The monoisotopic (exact) mass is 619 g/mol. The second-order valence-electron chi connectivity index (χ2n) is 12.6. The number of likely N-dealkylation sites (N-methyl/N-ethyl adjacent to an activating group) is 1. The fourth-order valence-corrected chi connectivity index (χ4v) is 5.00. The molecule has 0 spiro atoms. The summed E-state index contributed by atoms with van der Waals surface area (Å²) in [5, 5.41) is 10.8. The van der Waals surface area contributed by atoms with Crippen molar-refractivity contribution >= 4 is 23.6 Å². The van der Waals surface area contributed by atoms with E-state index in [9.17, 15) is 14.4 Å². The lowest BCUT2D eigenvalue weighted by atomic mass is 10.1. The fourth-order valence-electron chi connectivity index (χ4n) is 5.00. The summed E-state index contributed by atoms with van der Waals surface area (Å²) in [7, 11) is 1.73. The number of anilines is 1. The van der Waals surface area contributed by atoms with E-state index >= 15 is 0 Å². The van der Waals surface area contributed by atoms with Crippen molar-refractivity contribution in [1.29, 1.82) is 0 Å². The number of hydrogen-bond donors (Lipinski definition) is 1. The first-order valence-electron chi connectivity index (χ1n) is 15.2. The zero-order valence-electron chi connectivity index (χ0n) is 27.6. The molecule has 0 fully saturated rings. The van der Waals surface area contributed by atoms with Crippen LogP contribution in [0.1, 0.15) is 57.2 Å². The first-order valence-corrected chi connectivity index (χ1v) is 15.2. The van der Waals surface area contributed by atoms with Gasteiger partial charge in [0, 0.05) is 57.4 Å². The summed E-state index contributed by atoms with van der Waals surface area (Å²) in [5.74, 6) is 0.405. The number of amides is 3. The molecule has 1 aliphatic rings. The molecule has 12 heteroatoms. The fraction of sp³-hybridized carbons (Fsp3) is 0.485. The van der Waals surface area contributed by atoms with E-state index in [1.807, 2.05) is 76.9 Å². The quantitative estimate of drug-likeness (QED) is 0.327. The average Bonchev–Trinajstić information content (AvgIpc) is 3.60. The molecule has 0 bridgehead atoms. The molecule has 0 radical (unpaired) electrons. The summed E-state index contributed by atoms with van der Waals surface area (Å²) in [6.07, 6.45) is -0.467. The molecule has 1 aliphatic heterocycles. The first-order chi connectivity index (χ1) is 21.2. The second-order valence-corrected chi connectivity index (χ2v) is 12.6. The first kappa shape index (κ1) is 33.4. The van der Waals surface area contributed by atoms with Gasteiger partial charge in [0.05, 0.1) is 6.54 Å². The zero-order valence-corrected chi connectivity index (χ0v) is 27.6. The maximum absolute atomic E-state index is 13.7. The molecule has 1 N–H and O–H groups in total. The van der Waals surface area contributed by atoms with Crippen LogP contribution in [0, 0.1) is 13.8 Å². The molecule has 2 aromatic carbocycles. The topological polar surface area (TPSA) is 124 Å². The molecule has 1 aromatic heterocycles. The number of hydrogen-bond acceptors (Lipinski definition) is 9. The van der Waals surface area contributed by atoms with Gasteiger partial charge in [0.2, 0.25) is 17.6 Å². The number of nitrogens with one attached hydrogen (secondary N) is 1. The van der Waals surface area contributed by atoms with Crippen molar-refractivity contribution < 1.29 is 23.6 Å². The van der Waals surface area contributed by atoms with E-state index in [2.05, 4.69) is 27.6 Å². The van der Waals surface area contributed by atoms with Crippen LogP contribution in [0.2, 0.25) is 0 Å². The van der Waals surface area contributed by atoms with Crippen molar-refractivity contribution in [2.45, 2.75) is 73.2 Å². The Bertz CT molecular complexity index is 1490. The molecule has 4 rings (SSSR count). The Kier molecular flexibility index (Phi) is 10.5. The Morgan fingerprint density at radius 3 is 2.27 bits per heavy atom.